The van der Waals surface area contributed by atoms with Gasteiger partial charge in [0.2, 0.25) is 6.29 Å². The Kier molecular flexibility index (Phi) is 2.81. The molecule has 1 atom stereocenters. The molecule has 0 bridgehead atoms. The minimum Gasteiger partial charge on any atom is -0.419 e. The van der Waals surface area contributed by atoms with E-state index in [4.69, 9.17) is 9.47 Å². The van der Waals surface area contributed by atoms with Crippen LogP contribution >= 0.6 is 0 Å². The van der Waals surface area contributed by atoms with Crippen LogP contribution in [0.2, 0.25) is 0 Å². The molecule has 0 aliphatic carbocycles. The number of carbonyl (C=O) groups excluding carboxylic acids is 1. The summed E-state index contributed by atoms with van der Waals surface area (Å²) in [5, 5.41) is 0. The number of cyclic esters (lactones) is 1. The van der Waals surface area contributed by atoms with Gasteiger partial charge in [-0.3, -0.25) is 0 Å². The summed E-state index contributed by atoms with van der Waals surface area (Å²) in [7, 11) is 1.73. The molecule has 1 heterocycles. The summed E-state index contributed by atoms with van der Waals surface area (Å²) in [6.07, 6.45) is -0.723. The van der Waals surface area contributed by atoms with Gasteiger partial charge in [-0.15, -0.1) is 0 Å². The lowest BCUT2D eigenvalue weighted by Gasteiger charge is -2.41. The third kappa shape index (κ3) is 2.12. The lowest BCUT2D eigenvalue weighted by molar-refractivity contribution is -0.191. The van der Waals surface area contributed by atoms with Crippen LogP contribution < -0.4 is 0 Å². The number of carbonyl (C=O) groups is 1. The minimum atomic E-state index is -0.416. The highest BCUT2D eigenvalue weighted by Crippen LogP contribution is 2.29. The van der Waals surface area contributed by atoms with E-state index < -0.39 is 6.29 Å². The highest BCUT2D eigenvalue weighted by atomic mass is 16.7. The summed E-state index contributed by atoms with van der Waals surface area (Å²) in [6, 6.07) is 0. The van der Waals surface area contributed by atoms with Crippen LogP contribution in [0.15, 0.2) is 0 Å². The van der Waals surface area contributed by atoms with E-state index >= 15 is 0 Å². The Morgan fingerprint density at radius 2 is 2.31 bits per heavy atom. The third-order valence-electron chi connectivity index (χ3n) is 2.12. The van der Waals surface area contributed by atoms with E-state index in [0.29, 0.717) is 13.2 Å². The molecule has 1 unspecified atom stereocenters. The zero-order valence-corrected chi connectivity index (χ0v) is 8.66. The molecule has 1 amide bonds. The standard InChI is InChI=1S/C9H17NO3/c1-5-12-7-9(2,3)6-10(4)8(11)13-7/h7H,5-6H2,1-4H3. The van der Waals surface area contributed by atoms with E-state index in [-0.39, 0.29) is 11.5 Å². The lowest BCUT2D eigenvalue weighted by Crippen LogP contribution is -2.52. The van der Waals surface area contributed by atoms with E-state index in [1.165, 1.54) is 0 Å². The number of hydrogen-bond acceptors (Lipinski definition) is 3. The van der Waals surface area contributed by atoms with Crippen LogP contribution in [0.1, 0.15) is 20.8 Å². The molecular formula is C9H17NO3. The molecule has 1 fully saturated rings. The van der Waals surface area contributed by atoms with Gasteiger partial charge in [0.25, 0.3) is 0 Å². The summed E-state index contributed by atoms with van der Waals surface area (Å²) in [5.41, 5.74) is -0.140. The second kappa shape index (κ2) is 3.54. The molecule has 0 aromatic rings. The molecule has 1 aliphatic heterocycles. The van der Waals surface area contributed by atoms with Crippen molar-refractivity contribution < 1.29 is 14.3 Å². The molecule has 0 spiro atoms. The highest BCUT2D eigenvalue weighted by molar-refractivity contribution is 5.68. The van der Waals surface area contributed by atoms with Crippen molar-refractivity contribution in [2.24, 2.45) is 5.41 Å². The highest BCUT2D eigenvalue weighted by Gasteiger charge is 2.40. The van der Waals surface area contributed by atoms with Gasteiger partial charge < -0.3 is 14.4 Å². The maximum absolute atomic E-state index is 11.2. The van der Waals surface area contributed by atoms with Gasteiger partial charge in [-0.05, 0) is 6.92 Å². The molecular weight excluding hydrogens is 170 g/mol. The van der Waals surface area contributed by atoms with E-state index in [0.717, 1.165) is 0 Å². The van der Waals surface area contributed by atoms with Crippen LogP contribution in [-0.2, 0) is 9.47 Å². The normalized spacial score (nSPS) is 27.2. The zero-order chi connectivity index (χ0) is 10.1. The molecule has 76 valence electrons. The van der Waals surface area contributed by atoms with Crippen molar-refractivity contribution in [3.63, 3.8) is 0 Å². The van der Waals surface area contributed by atoms with Gasteiger partial charge in [0.05, 0.1) is 0 Å². The molecule has 1 rings (SSSR count). The third-order valence-corrected chi connectivity index (χ3v) is 2.12. The quantitative estimate of drug-likeness (QED) is 0.657. The van der Waals surface area contributed by atoms with Crippen molar-refractivity contribution in [2.45, 2.75) is 27.1 Å². The van der Waals surface area contributed by atoms with Gasteiger partial charge in [0.1, 0.15) is 0 Å². The van der Waals surface area contributed by atoms with E-state index in [1.807, 2.05) is 20.8 Å². The minimum absolute atomic E-state index is 0.140. The molecule has 0 radical (unpaired) electrons. The SMILES string of the molecule is CCOC1OC(=O)N(C)CC1(C)C. The number of amides is 1. The summed E-state index contributed by atoms with van der Waals surface area (Å²) >= 11 is 0. The van der Waals surface area contributed by atoms with Crippen molar-refractivity contribution in [2.75, 3.05) is 20.2 Å². The van der Waals surface area contributed by atoms with E-state index in [9.17, 15) is 4.79 Å². The average molecular weight is 187 g/mol. The predicted molar refractivity (Wildman–Crippen MR) is 48.3 cm³/mol. The van der Waals surface area contributed by atoms with Gasteiger partial charge in [-0.1, -0.05) is 13.8 Å². The van der Waals surface area contributed by atoms with Crippen LogP contribution in [0, 0.1) is 5.41 Å². The van der Waals surface area contributed by atoms with Gasteiger partial charge in [-0.25, -0.2) is 4.79 Å². The predicted octanol–water partition coefficient (Wildman–Crippen LogP) is 1.46. The van der Waals surface area contributed by atoms with Crippen molar-refractivity contribution in [3.05, 3.63) is 0 Å². The average Bonchev–Trinajstić information content (AvgIpc) is 2.00. The van der Waals surface area contributed by atoms with Crippen molar-refractivity contribution in [1.82, 2.24) is 4.90 Å². The fraction of sp³-hybridized carbons (Fsp3) is 0.889. The Balaban J connectivity index is 2.67. The van der Waals surface area contributed by atoms with Crippen molar-refractivity contribution >= 4 is 6.09 Å². The molecule has 4 heteroatoms. The summed E-state index contributed by atoms with van der Waals surface area (Å²) in [6.45, 7) is 7.16. The molecule has 0 aromatic heterocycles. The Labute approximate surface area is 78.8 Å². The lowest BCUT2D eigenvalue weighted by atomic mass is 9.91. The molecule has 13 heavy (non-hydrogen) atoms. The summed E-state index contributed by atoms with van der Waals surface area (Å²) in [5.74, 6) is 0. The first-order chi connectivity index (χ1) is 5.97. The summed E-state index contributed by atoms with van der Waals surface area (Å²) in [4.78, 5) is 12.8. The van der Waals surface area contributed by atoms with Crippen LogP contribution in [0.25, 0.3) is 0 Å². The van der Waals surface area contributed by atoms with Gasteiger partial charge in [-0.2, -0.15) is 0 Å². The Bertz CT molecular complexity index is 203. The maximum atomic E-state index is 11.2. The second-order valence-electron chi connectivity index (χ2n) is 4.02. The number of nitrogens with zero attached hydrogens (tertiary/aromatic N) is 1. The van der Waals surface area contributed by atoms with Gasteiger partial charge in [0, 0.05) is 25.6 Å². The first-order valence-corrected chi connectivity index (χ1v) is 4.50. The number of hydrogen-bond donors (Lipinski definition) is 0. The summed E-state index contributed by atoms with van der Waals surface area (Å²) < 4.78 is 10.5. The molecule has 1 saturated heterocycles. The number of ether oxygens (including phenoxy) is 2. The first kappa shape index (κ1) is 10.3. The zero-order valence-electron chi connectivity index (χ0n) is 8.66. The van der Waals surface area contributed by atoms with Crippen LogP contribution in [0.4, 0.5) is 4.79 Å². The number of rotatable bonds is 2. The fourth-order valence-corrected chi connectivity index (χ4v) is 1.50. The topological polar surface area (TPSA) is 38.8 Å². The van der Waals surface area contributed by atoms with Crippen molar-refractivity contribution in [1.29, 1.82) is 0 Å². The fourth-order valence-electron chi connectivity index (χ4n) is 1.50. The van der Waals surface area contributed by atoms with E-state index in [2.05, 4.69) is 0 Å². The molecule has 1 aliphatic rings. The first-order valence-electron chi connectivity index (χ1n) is 4.50. The molecule has 0 saturated carbocycles. The smallest absolute Gasteiger partial charge is 0.411 e. The Hall–Kier alpha value is -0.770. The van der Waals surface area contributed by atoms with Crippen LogP contribution in [0.3, 0.4) is 0 Å². The maximum Gasteiger partial charge on any atom is 0.411 e. The van der Waals surface area contributed by atoms with E-state index in [1.54, 1.807) is 11.9 Å². The second-order valence-corrected chi connectivity index (χ2v) is 4.02. The van der Waals surface area contributed by atoms with Crippen molar-refractivity contribution in [3.8, 4) is 0 Å². The van der Waals surface area contributed by atoms with Crippen LogP contribution in [0.5, 0.6) is 0 Å². The Morgan fingerprint density at radius 3 is 2.85 bits per heavy atom. The molecule has 0 aromatic carbocycles. The monoisotopic (exact) mass is 187 g/mol. The molecule has 4 nitrogen and oxygen atoms in total. The van der Waals surface area contributed by atoms with Gasteiger partial charge >= 0.3 is 6.09 Å². The van der Waals surface area contributed by atoms with Gasteiger partial charge in [0.15, 0.2) is 0 Å². The Morgan fingerprint density at radius 1 is 1.69 bits per heavy atom. The largest absolute Gasteiger partial charge is 0.419 e. The molecule has 0 N–H and O–H groups in total. The van der Waals surface area contributed by atoms with Crippen LogP contribution in [-0.4, -0.2) is 37.5 Å².